The Morgan fingerprint density at radius 2 is 2.06 bits per heavy atom. The molecule has 0 aliphatic heterocycles. The Kier molecular flexibility index (Phi) is 5.92. The van der Waals surface area contributed by atoms with Gasteiger partial charge in [-0.15, -0.1) is 11.8 Å². The zero-order valence-electron chi connectivity index (χ0n) is 11.4. The quantitative estimate of drug-likeness (QED) is 0.657. The molecule has 2 heteroatoms. The smallest absolute Gasteiger partial charge is 0.120 e. The second-order valence-electron chi connectivity index (χ2n) is 5.14. The molecule has 1 aromatic rings. The van der Waals surface area contributed by atoms with Crippen LogP contribution in [0.3, 0.4) is 0 Å². The zero-order chi connectivity index (χ0) is 12.6. The van der Waals surface area contributed by atoms with Gasteiger partial charge in [-0.25, -0.2) is 0 Å². The second kappa shape index (κ2) is 7.73. The third-order valence-corrected chi connectivity index (χ3v) is 4.69. The van der Waals surface area contributed by atoms with Crippen molar-refractivity contribution in [3.63, 3.8) is 0 Å². The Morgan fingerprint density at radius 3 is 2.83 bits per heavy atom. The van der Waals surface area contributed by atoms with E-state index in [0.717, 1.165) is 18.3 Å². The summed E-state index contributed by atoms with van der Waals surface area (Å²) >= 11 is 1.92. The van der Waals surface area contributed by atoms with Crippen LogP contribution in [0.15, 0.2) is 29.2 Å². The first kappa shape index (κ1) is 13.8. The average Bonchev–Trinajstić information content (AvgIpc) is 2.44. The highest BCUT2D eigenvalue weighted by molar-refractivity contribution is 7.99. The van der Waals surface area contributed by atoms with Crippen LogP contribution in [0.1, 0.15) is 45.4 Å². The SMILES string of the molecule is CCCSc1cccc(OCC2CCCCC2)c1. The van der Waals surface area contributed by atoms with Gasteiger partial charge in [0.1, 0.15) is 5.75 Å². The monoisotopic (exact) mass is 264 g/mol. The van der Waals surface area contributed by atoms with Gasteiger partial charge in [-0.1, -0.05) is 32.3 Å². The largest absolute Gasteiger partial charge is 0.493 e. The summed E-state index contributed by atoms with van der Waals surface area (Å²) in [7, 11) is 0. The summed E-state index contributed by atoms with van der Waals surface area (Å²) in [5.74, 6) is 3.01. The molecule has 0 saturated heterocycles. The van der Waals surface area contributed by atoms with Gasteiger partial charge in [-0.05, 0) is 49.1 Å². The maximum atomic E-state index is 5.95. The van der Waals surface area contributed by atoms with E-state index in [9.17, 15) is 0 Å². The normalized spacial score (nSPS) is 16.7. The predicted octanol–water partition coefficient (Wildman–Crippen LogP) is 5.15. The molecular weight excluding hydrogens is 240 g/mol. The minimum absolute atomic E-state index is 0.783. The molecule has 0 bridgehead atoms. The topological polar surface area (TPSA) is 9.23 Å². The average molecular weight is 264 g/mol. The van der Waals surface area contributed by atoms with Crippen LogP contribution in [-0.2, 0) is 0 Å². The maximum Gasteiger partial charge on any atom is 0.120 e. The van der Waals surface area contributed by atoms with Gasteiger partial charge in [0.2, 0.25) is 0 Å². The molecule has 1 aliphatic carbocycles. The van der Waals surface area contributed by atoms with Gasteiger partial charge in [0.15, 0.2) is 0 Å². The van der Waals surface area contributed by atoms with E-state index in [-0.39, 0.29) is 0 Å². The number of ether oxygens (including phenoxy) is 1. The van der Waals surface area contributed by atoms with Crippen LogP contribution in [0, 0.1) is 5.92 Å². The van der Waals surface area contributed by atoms with Crippen molar-refractivity contribution in [1.29, 1.82) is 0 Å². The molecule has 1 fully saturated rings. The molecule has 0 spiro atoms. The minimum Gasteiger partial charge on any atom is -0.493 e. The fourth-order valence-electron chi connectivity index (χ4n) is 2.44. The number of thioether (sulfide) groups is 1. The molecule has 0 amide bonds. The molecule has 2 rings (SSSR count). The first-order valence-corrected chi connectivity index (χ1v) is 8.22. The lowest BCUT2D eigenvalue weighted by atomic mass is 9.90. The van der Waals surface area contributed by atoms with Gasteiger partial charge in [0, 0.05) is 4.90 Å². The van der Waals surface area contributed by atoms with Crippen LogP contribution >= 0.6 is 11.8 Å². The molecular formula is C16H24OS. The van der Waals surface area contributed by atoms with E-state index in [2.05, 4.69) is 31.2 Å². The Labute approximate surface area is 115 Å². The molecule has 1 aliphatic rings. The standard InChI is InChI=1S/C16H24OS/c1-2-11-18-16-10-6-9-15(12-16)17-13-14-7-4-3-5-8-14/h6,9-10,12,14H,2-5,7-8,11,13H2,1H3. The lowest BCUT2D eigenvalue weighted by molar-refractivity contribution is 0.208. The molecule has 18 heavy (non-hydrogen) atoms. The van der Waals surface area contributed by atoms with Crippen molar-refractivity contribution < 1.29 is 4.74 Å². The molecule has 1 nitrogen and oxygen atoms in total. The number of rotatable bonds is 6. The van der Waals surface area contributed by atoms with E-state index in [1.165, 1.54) is 49.2 Å². The van der Waals surface area contributed by atoms with Crippen LogP contribution in [0.2, 0.25) is 0 Å². The van der Waals surface area contributed by atoms with Crippen LogP contribution < -0.4 is 4.74 Å². The van der Waals surface area contributed by atoms with Crippen molar-refractivity contribution in [2.24, 2.45) is 5.92 Å². The molecule has 1 saturated carbocycles. The van der Waals surface area contributed by atoms with Gasteiger partial charge < -0.3 is 4.74 Å². The highest BCUT2D eigenvalue weighted by Gasteiger charge is 2.13. The molecule has 0 atom stereocenters. The van der Waals surface area contributed by atoms with Crippen molar-refractivity contribution >= 4 is 11.8 Å². The molecule has 0 N–H and O–H groups in total. The van der Waals surface area contributed by atoms with Crippen molar-refractivity contribution in [3.05, 3.63) is 24.3 Å². The fraction of sp³-hybridized carbons (Fsp3) is 0.625. The van der Waals surface area contributed by atoms with E-state index in [1.54, 1.807) is 0 Å². The van der Waals surface area contributed by atoms with Gasteiger partial charge in [0.05, 0.1) is 6.61 Å². The van der Waals surface area contributed by atoms with Gasteiger partial charge >= 0.3 is 0 Å². The van der Waals surface area contributed by atoms with Gasteiger partial charge in [-0.3, -0.25) is 0 Å². The zero-order valence-corrected chi connectivity index (χ0v) is 12.2. The first-order valence-electron chi connectivity index (χ1n) is 7.24. The summed E-state index contributed by atoms with van der Waals surface area (Å²) in [5, 5.41) is 0. The number of hydrogen-bond acceptors (Lipinski definition) is 2. The second-order valence-corrected chi connectivity index (χ2v) is 6.31. The Hall–Kier alpha value is -0.630. The predicted molar refractivity (Wildman–Crippen MR) is 79.5 cm³/mol. The van der Waals surface area contributed by atoms with Crippen LogP contribution in [-0.4, -0.2) is 12.4 Å². The molecule has 0 heterocycles. The Balaban J connectivity index is 1.80. The third kappa shape index (κ3) is 4.56. The lowest BCUT2D eigenvalue weighted by Crippen LogP contribution is -2.15. The number of benzene rings is 1. The lowest BCUT2D eigenvalue weighted by Gasteiger charge is -2.21. The third-order valence-electron chi connectivity index (χ3n) is 3.49. The minimum atomic E-state index is 0.783. The van der Waals surface area contributed by atoms with Crippen molar-refractivity contribution in [2.75, 3.05) is 12.4 Å². The van der Waals surface area contributed by atoms with Crippen molar-refractivity contribution in [1.82, 2.24) is 0 Å². The maximum absolute atomic E-state index is 5.95. The number of hydrogen-bond donors (Lipinski definition) is 0. The van der Waals surface area contributed by atoms with Crippen molar-refractivity contribution in [3.8, 4) is 5.75 Å². The summed E-state index contributed by atoms with van der Waals surface area (Å²) < 4.78 is 5.95. The molecule has 0 aromatic heterocycles. The highest BCUT2D eigenvalue weighted by atomic mass is 32.2. The fourth-order valence-corrected chi connectivity index (χ4v) is 3.26. The van der Waals surface area contributed by atoms with Crippen molar-refractivity contribution in [2.45, 2.75) is 50.3 Å². The van der Waals surface area contributed by atoms with Gasteiger partial charge in [-0.2, -0.15) is 0 Å². The van der Waals surface area contributed by atoms with E-state index in [0.29, 0.717) is 0 Å². The Bertz CT molecular complexity index is 345. The highest BCUT2D eigenvalue weighted by Crippen LogP contribution is 2.26. The molecule has 1 aromatic carbocycles. The van der Waals surface area contributed by atoms with E-state index in [1.807, 2.05) is 11.8 Å². The van der Waals surface area contributed by atoms with Crippen LogP contribution in [0.4, 0.5) is 0 Å². The summed E-state index contributed by atoms with van der Waals surface area (Å²) in [5.41, 5.74) is 0. The van der Waals surface area contributed by atoms with E-state index in [4.69, 9.17) is 4.74 Å². The Morgan fingerprint density at radius 1 is 1.22 bits per heavy atom. The van der Waals surface area contributed by atoms with Crippen LogP contribution in [0.25, 0.3) is 0 Å². The first-order chi connectivity index (χ1) is 8.88. The molecule has 100 valence electrons. The van der Waals surface area contributed by atoms with Crippen LogP contribution in [0.5, 0.6) is 5.75 Å². The summed E-state index contributed by atoms with van der Waals surface area (Å²) in [4.78, 5) is 1.33. The molecule has 0 unspecified atom stereocenters. The van der Waals surface area contributed by atoms with E-state index >= 15 is 0 Å². The van der Waals surface area contributed by atoms with E-state index < -0.39 is 0 Å². The molecule has 0 radical (unpaired) electrons. The summed E-state index contributed by atoms with van der Waals surface area (Å²) in [6.45, 7) is 3.12. The van der Waals surface area contributed by atoms with Gasteiger partial charge in [0.25, 0.3) is 0 Å². The summed E-state index contributed by atoms with van der Waals surface area (Å²) in [6, 6.07) is 8.55. The summed E-state index contributed by atoms with van der Waals surface area (Å²) in [6.07, 6.45) is 8.12.